The van der Waals surface area contributed by atoms with E-state index >= 15 is 0 Å². The smallest absolute Gasteiger partial charge is 0.116 e. The summed E-state index contributed by atoms with van der Waals surface area (Å²) in [6.45, 7) is 0. The molecule has 0 radical (unpaired) electrons. The van der Waals surface area contributed by atoms with Gasteiger partial charge in [-0.25, -0.2) is 0 Å². The van der Waals surface area contributed by atoms with E-state index in [1.807, 2.05) is 30.3 Å². The molecule has 0 fully saturated rings. The lowest BCUT2D eigenvalue weighted by Gasteiger charge is -2.03. The van der Waals surface area contributed by atoms with Crippen molar-refractivity contribution in [1.82, 2.24) is 30.8 Å². The summed E-state index contributed by atoms with van der Waals surface area (Å²) < 4.78 is 0. The molecule has 3 aromatic rings. The molecule has 17 heavy (non-hydrogen) atoms. The van der Waals surface area contributed by atoms with Crippen LogP contribution in [0.2, 0.25) is 0 Å². The van der Waals surface area contributed by atoms with Crippen molar-refractivity contribution in [1.29, 1.82) is 0 Å². The van der Waals surface area contributed by atoms with E-state index in [9.17, 15) is 0 Å². The highest BCUT2D eigenvalue weighted by Crippen LogP contribution is 2.26. The number of nitrogens with zero attached hydrogens (tertiary/aromatic N) is 5. The number of hydrogen-bond donors (Lipinski definition) is 1. The monoisotopic (exact) mass is 224 g/mol. The molecule has 2 aromatic heterocycles. The maximum atomic E-state index is 4.06. The van der Waals surface area contributed by atoms with E-state index in [1.165, 1.54) is 0 Å². The van der Waals surface area contributed by atoms with E-state index < -0.39 is 0 Å². The first-order valence-corrected chi connectivity index (χ1v) is 5.06. The van der Waals surface area contributed by atoms with Crippen LogP contribution in [0.15, 0.2) is 42.7 Å². The minimum Gasteiger partial charge on any atom is -0.265 e. The molecule has 1 aromatic carbocycles. The second-order valence-corrected chi connectivity index (χ2v) is 3.42. The Morgan fingerprint density at radius 1 is 1.00 bits per heavy atom. The molecular formula is C11H8N6. The van der Waals surface area contributed by atoms with Gasteiger partial charge in [0, 0.05) is 5.56 Å². The van der Waals surface area contributed by atoms with E-state index in [1.54, 1.807) is 12.4 Å². The van der Waals surface area contributed by atoms with Gasteiger partial charge in [0.1, 0.15) is 11.4 Å². The Morgan fingerprint density at radius 3 is 2.65 bits per heavy atom. The van der Waals surface area contributed by atoms with E-state index in [0.29, 0.717) is 5.69 Å². The normalized spacial score (nSPS) is 10.4. The topological polar surface area (TPSA) is 80.2 Å². The maximum Gasteiger partial charge on any atom is 0.116 e. The van der Waals surface area contributed by atoms with Crippen LogP contribution in [0.4, 0.5) is 0 Å². The molecule has 0 saturated heterocycles. The summed E-state index contributed by atoms with van der Waals surface area (Å²) >= 11 is 0. The van der Waals surface area contributed by atoms with Crippen LogP contribution in [-0.4, -0.2) is 30.8 Å². The molecule has 0 aliphatic rings. The maximum absolute atomic E-state index is 4.06. The molecule has 0 spiro atoms. The summed E-state index contributed by atoms with van der Waals surface area (Å²) in [5.74, 6) is 0. The average molecular weight is 224 g/mol. The molecule has 0 bridgehead atoms. The fourth-order valence-corrected chi connectivity index (χ4v) is 1.60. The Bertz CT molecular complexity index is 605. The second-order valence-electron chi connectivity index (χ2n) is 3.42. The highest BCUT2D eigenvalue weighted by atomic mass is 15.3. The molecule has 0 aliphatic carbocycles. The molecule has 0 aliphatic heterocycles. The highest BCUT2D eigenvalue weighted by molar-refractivity contribution is 5.77. The van der Waals surface area contributed by atoms with Gasteiger partial charge in [-0.2, -0.15) is 0 Å². The Hall–Kier alpha value is -2.63. The zero-order valence-corrected chi connectivity index (χ0v) is 8.78. The van der Waals surface area contributed by atoms with Crippen molar-refractivity contribution in [3.05, 3.63) is 42.7 Å². The van der Waals surface area contributed by atoms with Crippen LogP contribution in [0.5, 0.6) is 0 Å². The summed E-state index contributed by atoms with van der Waals surface area (Å²) in [4.78, 5) is 0. The summed E-state index contributed by atoms with van der Waals surface area (Å²) in [6.07, 6.45) is 3.33. The number of H-pyrrole nitrogens is 1. The summed E-state index contributed by atoms with van der Waals surface area (Å²) in [6, 6.07) is 9.78. The number of benzene rings is 1. The third-order valence-electron chi connectivity index (χ3n) is 2.38. The highest BCUT2D eigenvalue weighted by Gasteiger charge is 2.11. The molecule has 1 N–H and O–H groups in total. The van der Waals surface area contributed by atoms with Crippen molar-refractivity contribution < 1.29 is 0 Å². The van der Waals surface area contributed by atoms with Crippen molar-refractivity contribution in [3.63, 3.8) is 0 Å². The molecular weight excluding hydrogens is 216 g/mol. The summed E-state index contributed by atoms with van der Waals surface area (Å²) in [7, 11) is 0. The van der Waals surface area contributed by atoms with Gasteiger partial charge < -0.3 is 0 Å². The molecule has 6 nitrogen and oxygen atoms in total. The van der Waals surface area contributed by atoms with Crippen LogP contribution < -0.4 is 0 Å². The largest absolute Gasteiger partial charge is 0.265 e. The summed E-state index contributed by atoms with van der Waals surface area (Å²) in [5, 5.41) is 21.8. The van der Waals surface area contributed by atoms with Gasteiger partial charge >= 0.3 is 0 Å². The number of nitrogens with one attached hydrogen (secondary N) is 1. The number of rotatable bonds is 2. The lowest BCUT2D eigenvalue weighted by atomic mass is 10.1. The Labute approximate surface area is 96.7 Å². The van der Waals surface area contributed by atoms with Crippen molar-refractivity contribution in [3.8, 4) is 22.5 Å². The molecule has 82 valence electrons. The molecule has 0 amide bonds. The molecule has 0 unspecified atom stereocenters. The molecule has 6 heteroatoms. The van der Waals surface area contributed by atoms with E-state index in [2.05, 4.69) is 30.8 Å². The minimum absolute atomic E-state index is 0.700. The van der Waals surface area contributed by atoms with Gasteiger partial charge in [0.15, 0.2) is 0 Å². The first-order chi connectivity index (χ1) is 8.45. The zero-order chi connectivity index (χ0) is 11.5. The van der Waals surface area contributed by atoms with Gasteiger partial charge in [-0.1, -0.05) is 35.5 Å². The number of aromatic amines is 1. The van der Waals surface area contributed by atoms with Gasteiger partial charge in [0.05, 0.1) is 18.0 Å². The van der Waals surface area contributed by atoms with Crippen LogP contribution in [0.25, 0.3) is 22.5 Å². The van der Waals surface area contributed by atoms with Crippen LogP contribution in [0.3, 0.4) is 0 Å². The minimum atomic E-state index is 0.700. The first kappa shape index (κ1) is 9.59. The molecule has 3 rings (SSSR count). The SMILES string of the molecule is c1ccc(-c2nnncc2-c2c[nH]nn2)cc1. The van der Waals surface area contributed by atoms with Crippen molar-refractivity contribution in [2.24, 2.45) is 0 Å². The van der Waals surface area contributed by atoms with Gasteiger partial charge in [-0.3, -0.25) is 5.10 Å². The molecule has 0 saturated carbocycles. The average Bonchev–Trinajstić information content (AvgIpc) is 2.94. The van der Waals surface area contributed by atoms with Crippen molar-refractivity contribution >= 4 is 0 Å². The van der Waals surface area contributed by atoms with Crippen LogP contribution in [-0.2, 0) is 0 Å². The van der Waals surface area contributed by atoms with Crippen LogP contribution >= 0.6 is 0 Å². The second kappa shape index (κ2) is 4.09. The van der Waals surface area contributed by atoms with Gasteiger partial charge in [0.25, 0.3) is 0 Å². The third kappa shape index (κ3) is 1.76. The summed E-state index contributed by atoms with van der Waals surface area (Å²) in [5.41, 5.74) is 3.22. The van der Waals surface area contributed by atoms with Gasteiger partial charge in [-0.15, -0.1) is 15.3 Å². The lowest BCUT2D eigenvalue weighted by molar-refractivity contribution is 0.870. The quantitative estimate of drug-likeness (QED) is 0.710. The Balaban J connectivity index is 2.18. The molecule has 0 atom stereocenters. The molecule has 2 heterocycles. The number of aromatic nitrogens is 6. The fraction of sp³-hybridized carbons (Fsp3) is 0. The van der Waals surface area contributed by atoms with E-state index in [0.717, 1.165) is 16.8 Å². The van der Waals surface area contributed by atoms with Crippen molar-refractivity contribution in [2.75, 3.05) is 0 Å². The van der Waals surface area contributed by atoms with Crippen molar-refractivity contribution in [2.45, 2.75) is 0 Å². The Morgan fingerprint density at radius 2 is 1.88 bits per heavy atom. The number of hydrogen-bond acceptors (Lipinski definition) is 5. The standard InChI is InChI=1S/C11H8N6/c1-2-4-8(5-3-1)11-9(6-12-17-15-11)10-7-13-16-14-10/h1-7H,(H,13,14,16). The van der Waals surface area contributed by atoms with Gasteiger partial charge in [-0.05, 0) is 5.21 Å². The zero-order valence-electron chi connectivity index (χ0n) is 8.78. The van der Waals surface area contributed by atoms with Crippen LogP contribution in [0.1, 0.15) is 0 Å². The Kier molecular flexibility index (Phi) is 2.31. The van der Waals surface area contributed by atoms with E-state index in [-0.39, 0.29) is 0 Å². The fourth-order valence-electron chi connectivity index (χ4n) is 1.60. The van der Waals surface area contributed by atoms with Gasteiger partial charge in [0.2, 0.25) is 0 Å². The third-order valence-corrected chi connectivity index (χ3v) is 2.38. The predicted molar refractivity (Wildman–Crippen MR) is 60.6 cm³/mol. The lowest BCUT2D eigenvalue weighted by Crippen LogP contribution is -1.94. The van der Waals surface area contributed by atoms with E-state index in [4.69, 9.17) is 0 Å². The first-order valence-electron chi connectivity index (χ1n) is 5.06. The predicted octanol–water partition coefficient (Wildman–Crippen LogP) is 1.32. The van der Waals surface area contributed by atoms with Crippen LogP contribution in [0, 0.1) is 0 Å².